The first-order valence-electron chi connectivity index (χ1n) is 6.18. The normalized spacial score (nSPS) is 11.3. The lowest BCUT2D eigenvalue weighted by Crippen LogP contribution is -2.03. The van der Waals surface area contributed by atoms with E-state index < -0.39 is 6.29 Å². The molecule has 0 atom stereocenters. The maximum atomic E-state index is 5.22. The number of ether oxygens (including phenoxy) is 2. The molecule has 5 heteroatoms. The van der Waals surface area contributed by atoms with Crippen molar-refractivity contribution in [1.82, 2.24) is 9.97 Å². The SMILES string of the molecule is COC(OC)c1csc(-c2nccc3ccccc23)n1. The summed E-state index contributed by atoms with van der Waals surface area (Å²) >= 11 is 1.54. The van der Waals surface area contributed by atoms with Crippen LogP contribution >= 0.6 is 11.3 Å². The minimum Gasteiger partial charge on any atom is -0.350 e. The quantitative estimate of drug-likeness (QED) is 0.687. The van der Waals surface area contributed by atoms with E-state index >= 15 is 0 Å². The molecule has 3 aromatic rings. The van der Waals surface area contributed by atoms with E-state index in [1.54, 1.807) is 25.6 Å². The Morgan fingerprint density at radius 3 is 2.70 bits per heavy atom. The predicted molar refractivity (Wildman–Crippen MR) is 79.6 cm³/mol. The van der Waals surface area contributed by atoms with Gasteiger partial charge >= 0.3 is 0 Å². The molecule has 0 unspecified atom stereocenters. The van der Waals surface area contributed by atoms with Crippen molar-refractivity contribution in [3.8, 4) is 10.7 Å². The van der Waals surface area contributed by atoms with Crippen LogP contribution in [0, 0.1) is 0 Å². The van der Waals surface area contributed by atoms with E-state index in [-0.39, 0.29) is 0 Å². The zero-order valence-corrected chi connectivity index (χ0v) is 12.1. The number of rotatable bonds is 4. The van der Waals surface area contributed by atoms with Crippen molar-refractivity contribution in [2.45, 2.75) is 6.29 Å². The van der Waals surface area contributed by atoms with Crippen molar-refractivity contribution in [3.05, 3.63) is 47.6 Å². The average Bonchev–Trinajstić information content (AvgIpc) is 2.97. The number of hydrogen-bond acceptors (Lipinski definition) is 5. The number of benzene rings is 1. The molecule has 4 nitrogen and oxygen atoms in total. The number of methoxy groups -OCH3 is 2. The molecule has 0 amide bonds. The molecular formula is C15H14N2O2S. The average molecular weight is 286 g/mol. The smallest absolute Gasteiger partial charge is 0.201 e. The summed E-state index contributed by atoms with van der Waals surface area (Å²) in [5, 5.41) is 5.07. The lowest BCUT2D eigenvalue weighted by atomic mass is 10.1. The zero-order chi connectivity index (χ0) is 13.9. The number of fused-ring (bicyclic) bond motifs is 1. The molecule has 2 aromatic heterocycles. The Morgan fingerprint density at radius 1 is 1.10 bits per heavy atom. The van der Waals surface area contributed by atoms with Gasteiger partial charge in [-0.3, -0.25) is 4.98 Å². The van der Waals surface area contributed by atoms with E-state index in [0.29, 0.717) is 0 Å². The lowest BCUT2D eigenvalue weighted by molar-refractivity contribution is -0.108. The van der Waals surface area contributed by atoms with Gasteiger partial charge in [-0.15, -0.1) is 11.3 Å². The van der Waals surface area contributed by atoms with Gasteiger partial charge in [0.1, 0.15) is 16.4 Å². The molecule has 0 saturated carbocycles. The molecule has 0 N–H and O–H groups in total. The fourth-order valence-corrected chi connectivity index (χ4v) is 2.96. The molecule has 0 aliphatic carbocycles. The highest BCUT2D eigenvalue weighted by Gasteiger charge is 2.15. The van der Waals surface area contributed by atoms with E-state index in [1.165, 1.54) is 0 Å². The van der Waals surface area contributed by atoms with Gasteiger partial charge in [0.05, 0.1) is 0 Å². The maximum absolute atomic E-state index is 5.22. The Morgan fingerprint density at radius 2 is 1.90 bits per heavy atom. The number of hydrogen-bond donors (Lipinski definition) is 0. The molecular weight excluding hydrogens is 272 g/mol. The van der Waals surface area contributed by atoms with Crippen LogP contribution in [0.3, 0.4) is 0 Å². The van der Waals surface area contributed by atoms with Crippen LogP contribution in [0.1, 0.15) is 12.0 Å². The molecule has 20 heavy (non-hydrogen) atoms. The zero-order valence-electron chi connectivity index (χ0n) is 11.2. The van der Waals surface area contributed by atoms with Crippen molar-refractivity contribution < 1.29 is 9.47 Å². The standard InChI is InChI=1S/C15H14N2O2S/c1-18-15(19-2)12-9-20-14(17-12)13-11-6-4-3-5-10(11)7-8-16-13/h3-9,15H,1-2H3. The minimum absolute atomic E-state index is 0.435. The highest BCUT2D eigenvalue weighted by Crippen LogP contribution is 2.30. The third-order valence-electron chi connectivity index (χ3n) is 3.07. The van der Waals surface area contributed by atoms with E-state index in [2.05, 4.69) is 22.1 Å². The van der Waals surface area contributed by atoms with Crippen LogP contribution < -0.4 is 0 Å². The Balaban J connectivity index is 2.08. The van der Waals surface area contributed by atoms with Crippen LogP contribution in [0.4, 0.5) is 0 Å². The summed E-state index contributed by atoms with van der Waals surface area (Å²) in [5.74, 6) is 0. The summed E-state index contributed by atoms with van der Waals surface area (Å²) in [7, 11) is 3.20. The third kappa shape index (κ3) is 2.31. The summed E-state index contributed by atoms with van der Waals surface area (Å²) in [5.41, 5.74) is 1.66. The minimum atomic E-state index is -0.435. The summed E-state index contributed by atoms with van der Waals surface area (Å²) in [6.45, 7) is 0. The van der Waals surface area contributed by atoms with Crippen molar-refractivity contribution in [2.24, 2.45) is 0 Å². The van der Waals surface area contributed by atoms with Gasteiger partial charge < -0.3 is 9.47 Å². The Bertz CT molecular complexity index is 717. The van der Waals surface area contributed by atoms with Crippen LogP contribution in [0.25, 0.3) is 21.5 Å². The molecule has 0 aliphatic heterocycles. The van der Waals surface area contributed by atoms with Gasteiger partial charge in [-0.1, -0.05) is 24.3 Å². The molecule has 0 bridgehead atoms. The predicted octanol–water partition coefficient (Wildman–Crippen LogP) is 3.65. The maximum Gasteiger partial charge on any atom is 0.201 e. The molecule has 3 rings (SSSR count). The van der Waals surface area contributed by atoms with Gasteiger partial charge in [-0.05, 0) is 11.5 Å². The topological polar surface area (TPSA) is 44.2 Å². The molecule has 1 aromatic carbocycles. The first-order valence-corrected chi connectivity index (χ1v) is 7.06. The van der Waals surface area contributed by atoms with Gasteiger partial charge in [0.15, 0.2) is 0 Å². The first-order chi connectivity index (χ1) is 9.83. The molecule has 0 radical (unpaired) electrons. The highest BCUT2D eigenvalue weighted by molar-refractivity contribution is 7.13. The van der Waals surface area contributed by atoms with Crippen LogP contribution in [0.15, 0.2) is 41.9 Å². The number of pyridine rings is 1. The first kappa shape index (κ1) is 13.2. The summed E-state index contributed by atoms with van der Waals surface area (Å²) < 4.78 is 10.4. The molecule has 2 heterocycles. The molecule has 0 saturated heterocycles. The molecule has 0 fully saturated rings. The fourth-order valence-electron chi connectivity index (χ4n) is 2.13. The van der Waals surface area contributed by atoms with Crippen LogP contribution in [0.5, 0.6) is 0 Å². The van der Waals surface area contributed by atoms with Gasteiger partial charge in [0.2, 0.25) is 6.29 Å². The van der Waals surface area contributed by atoms with Gasteiger partial charge in [-0.25, -0.2) is 4.98 Å². The number of thiazole rings is 1. The van der Waals surface area contributed by atoms with Crippen molar-refractivity contribution in [3.63, 3.8) is 0 Å². The van der Waals surface area contributed by atoms with Crippen LogP contribution in [-0.2, 0) is 9.47 Å². The Kier molecular flexibility index (Phi) is 3.73. The monoisotopic (exact) mass is 286 g/mol. The molecule has 0 spiro atoms. The van der Waals surface area contributed by atoms with Crippen molar-refractivity contribution >= 4 is 22.1 Å². The van der Waals surface area contributed by atoms with Gasteiger partial charge in [-0.2, -0.15) is 0 Å². The summed E-state index contributed by atoms with van der Waals surface area (Å²) in [6.07, 6.45) is 1.37. The largest absolute Gasteiger partial charge is 0.350 e. The molecule has 0 aliphatic rings. The van der Waals surface area contributed by atoms with Crippen LogP contribution in [0.2, 0.25) is 0 Å². The molecule has 102 valence electrons. The highest BCUT2D eigenvalue weighted by atomic mass is 32.1. The van der Waals surface area contributed by atoms with E-state index in [0.717, 1.165) is 27.2 Å². The Hall–Kier alpha value is -1.82. The second kappa shape index (κ2) is 5.66. The fraction of sp³-hybridized carbons (Fsp3) is 0.200. The lowest BCUT2D eigenvalue weighted by Gasteiger charge is -2.09. The second-order valence-electron chi connectivity index (χ2n) is 4.26. The third-order valence-corrected chi connectivity index (χ3v) is 3.94. The van der Waals surface area contributed by atoms with Gasteiger partial charge in [0.25, 0.3) is 0 Å². The summed E-state index contributed by atoms with van der Waals surface area (Å²) in [6, 6.07) is 10.2. The Labute approximate surface area is 121 Å². The second-order valence-corrected chi connectivity index (χ2v) is 5.12. The van der Waals surface area contributed by atoms with Crippen molar-refractivity contribution in [2.75, 3.05) is 14.2 Å². The van der Waals surface area contributed by atoms with E-state index in [4.69, 9.17) is 9.47 Å². The van der Waals surface area contributed by atoms with E-state index in [9.17, 15) is 0 Å². The number of nitrogens with zero attached hydrogens (tertiary/aromatic N) is 2. The van der Waals surface area contributed by atoms with Gasteiger partial charge in [0, 0.05) is 31.2 Å². The van der Waals surface area contributed by atoms with Crippen molar-refractivity contribution in [1.29, 1.82) is 0 Å². The van der Waals surface area contributed by atoms with Crippen LogP contribution in [-0.4, -0.2) is 24.2 Å². The van der Waals surface area contributed by atoms with E-state index in [1.807, 2.05) is 29.8 Å². The summed E-state index contributed by atoms with van der Waals surface area (Å²) in [4.78, 5) is 9.05. The number of aromatic nitrogens is 2.